The number of rotatable bonds is 10. The monoisotopic (exact) mass is 954 g/mol. The van der Waals surface area contributed by atoms with Gasteiger partial charge in [-0.1, -0.05) is 196 Å². The van der Waals surface area contributed by atoms with E-state index in [1.807, 2.05) is 0 Å². The fourth-order valence-corrected chi connectivity index (χ4v) is 13.8. The summed E-state index contributed by atoms with van der Waals surface area (Å²) in [5.74, 6) is 1.73. The highest BCUT2D eigenvalue weighted by molar-refractivity contribution is 6.29. The molecule has 360 valence electrons. The first-order valence-electron chi connectivity index (χ1n) is 27.6. The van der Waals surface area contributed by atoms with Gasteiger partial charge in [-0.2, -0.15) is 0 Å². The first-order chi connectivity index (χ1) is 36.7. The predicted octanol–water partition coefficient (Wildman–Crippen LogP) is 20.6. The molecule has 2 atom stereocenters. The van der Waals surface area contributed by atoms with Gasteiger partial charge >= 0.3 is 0 Å². The molecule has 0 spiro atoms. The van der Waals surface area contributed by atoms with E-state index in [4.69, 9.17) is 0 Å². The van der Waals surface area contributed by atoms with E-state index in [0.29, 0.717) is 17.8 Å². The molecule has 2 saturated carbocycles. The maximum absolute atomic E-state index is 2.62. The number of hydrogen-bond acceptors (Lipinski definition) is 2. The van der Waals surface area contributed by atoms with E-state index < -0.39 is 0 Å². The highest BCUT2D eigenvalue weighted by Gasteiger charge is 2.30. The van der Waals surface area contributed by atoms with Crippen molar-refractivity contribution in [3.05, 3.63) is 247 Å². The van der Waals surface area contributed by atoms with Crippen molar-refractivity contribution >= 4 is 71.5 Å². The summed E-state index contributed by atoms with van der Waals surface area (Å²) in [7, 11) is 0. The number of allylic oxidation sites excluding steroid dienone is 7. The molecule has 0 heterocycles. The molecule has 4 aliphatic carbocycles. The molecule has 0 aliphatic heterocycles. The van der Waals surface area contributed by atoms with Crippen molar-refractivity contribution in [1.82, 2.24) is 0 Å². The SMILES string of the molecule is C1=CC2C=CC=C(N(c3ccccc3)c3ccc(-c4cc(C5CCCCC5)c5ccc6c(-c7ccc(N(c8ccccc8)c8cccc9ccccc89)cc7)cc(C7CCCCC7)c7ccc4c5c67)cc3)C2C=C1. The molecular formula is C72H62N2. The summed E-state index contributed by atoms with van der Waals surface area (Å²) in [6.45, 7) is 0. The molecule has 2 nitrogen and oxygen atoms in total. The fraction of sp³-hybridized carbons (Fsp3) is 0.194. The van der Waals surface area contributed by atoms with Crippen LogP contribution in [-0.4, -0.2) is 0 Å². The first-order valence-corrected chi connectivity index (χ1v) is 27.6. The molecule has 0 N–H and O–H groups in total. The normalized spacial score (nSPS) is 18.1. The Labute approximate surface area is 436 Å². The summed E-state index contributed by atoms with van der Waals surface area (Å²) in [5, 5.41) is 11.0. The Balaban J connectivity index is 0.941. The minimum Gasteiger partial charge on any atom is -0.314 e. The number of benzene rings is 10. The second-order valence-electron chi connectivity index (χ2n) is 21.6. The van der Waals surface area contributed by atoms with Crippen LogP contribution < -0.4 is 9.80 Å². The minimum atomic E-state index is 0.279. The van der Waals surface area contributed by atoms with Gasteiger partial charge in [-0.25, -0.2) is 0 Å². The van der Waals surface area contributed by atoms with Crippen LogP contribution in [-0.2, 0) is 0 Å². The lowest BCUT2D eigenvalue weighted by molar-refractivity contribution is 0.445. The van der Waals surface area contributed by atoms with Gasteiger partial charge in [0, 0.05) is 45.7 Å². The maximum atomic E-state index is 2.62. The van der Waals surface area contributed by atoms with Crippen LogP contribution in [0.4, 0.5) is 28.4 Å². The lowest BCUT2D eigenvalue weighted by Crippen LogP contribution is -2.27. The zero-order valence-electron chi connectivity index (χ0n) is 42.2. The van der Waals surface area contributed by atoms with Crippen molar-refractivity contribution in [3.63, 3.8) is 0 Å². The number of anilines is 5. The van der Waals surface area contributed by atoms with Crippen molar-refractivity contribution in [3.8, 4) is 22.3 Å². The zero-order chi connectivity index (χ0) is 49.0. The standard InChI is InChI=1S/C72H62N2/c1-5-19-51(20-6-1)65-47-67(53-35-39-57(40-36-53)73(55-27-9-3-10-28-55)69-33-17-25-49-23-13-15-31-59(49)69)63-46-44-62-66(52-21-7-2-8-22-52)48-68(64-45-43-61(65)71(63)72(62)64)54-37-41-58(42-38-54)74(56-29-11-4-12-30-56)70-34-18-26-50-24-14-16-32-60(50)70/h3-4,9-18,23-49,51-52,59H,1-2,5-8,19-22H2. The number of fused-ring (bicyclic) bond motifs is 2. The van der Waals surface area contributed by atoms with Crippen LogP contribution in [0.5, 0.6) is 0 Å². The lowest BCUT2D eigenvalue weighted by atomic mass is 9.76. The third-order valence-electron chi connectivity index (χ3n) is 17.3. The molecule has 0 bridgehead atoms. The molecule has 74 heavy (non-hydrogen) atoms. The van der Waals surface area contributed by atoms with E-state index in [-0.39, 0.29) is 5.92 Å². The molecule has 10 aromatic rings. The van der Waals surface area contributed by atoms with Gasteiger partial charge in [0.15, 0.2) is 0 Å². The first kappa shape index (κ1) is 44.7. The van der Waals surface area contributed by atoms with E-state index in [0.717, 1.165) is 11.4 Å². The quantitative estimate of drug-likeness (QED) is 0.126. The topological polar surface area (TPSA) is 6.48 Å². The molecule has 2 heteroatoms. The average molecular weight is 955 g/mol. The van der Waals surface area contributed by atoms with Gasteiger partial charge < -0.3 is 9.80 Å². The van der Waals surface area contributed by atoms with E-state index >= 15 is 0 Å². The van der Waals surface area contributed by atoms with Crippen LogP contribution in [0.15, 0.2) is 236 Å². The van der Waals surface area contributed by atoms with Gasteiger partial charge in [0.2, 0.25) is 0 Å². The molecule has 2 unspecified atom stereocenters. The third kappa shape index (κ3) is 7.86. The van der Waals surface area contributed by atoms with Gasteiger partial charge in [-0.15, -0.1) is 0 Å². The van der Waals surface area contributed by atoms with Crippen LogP contribution in [0.25, 0.3) is 65.3 Å². The fourth-order valence-electron chi connectivity index (χ4n) is 13.8. The second kappa shape index (κ2) is 19.2. The van der Waals surface area contributed by atoms with E-state index in [1.165, 1.54) is 152 Å². The predicted molar refractivity (Wildman–Crippen MR) is 316 cm³/mol. The highest BCUT2D eigenvalue weighted by atomic mass is 15.2. The van der Waals surface area contributed by atoms with Gasteiger partial charge in [0.1, 0.15) is 0 Å². The summed E-state index contributed by atoms with van der Waals surface area (Å²) < 4.78 is 0. The zero-order valence-corrected chi connectivity index (χ0v) is 42.2. The van der Waals surface area contributed by atoms with E-state index in [1.54, 1.807) is 11.1 Å². The third-order valence-corrected chi connectivity index (χ3v) is 17.3. The molecule has 0 aromatic heterocycles. The Morgan fingerprint density at radius 2 is 0.824 bits per heavy atom. The lowest BCUT2D eigenvalue weighted by Gasteiger charge is -2.36. The Morgan fingerprint density at radius 1 is 0.351 bits per heavy atom. The molecule has 14 rings (SSSR count). The van der Waals surface area contributed by atoms with E-state index in [2.05, 4.69) is 240 Å². The Hall–Kier alpha value is -7.94. The second-order valence-corrected chi connectivity index (χ2v) is 21.6. The smallest absolute Gasteiger partial charge is 0.0540 e. The van der Waals surface area contributed by atoms with Gasteiger partial charge in [-0.05, 0) is 181 Å². The maximum Gasteiger partial charge on any atom is 0.0540 e. The molecule has 0 saturated heterocycles. The van der Waals surface area contributed by atoms with Crippen LogP contribution in [0.2, 0.25) is 0 Å². The van der Waals surface area contributed by atoms with Gasteiger partial charge in [0.05, 0.1) is 5.69 Å². The summed E-state index contributed by atoms with van der Waals surface area (Å²) in [6.07, 6.45) is 28.9. The van der Waals surface area contributed by atoms with Crippen molar-refractivity contribution < 1.29 is 0 Å². The van der Waals surface area contributed by atoms with Crippen molar-refractivity contribution in [2.75, 3.05) is 9.80 Å². The Kier molecular flexibility index (Phi) is 11.6. The number of para-hydroxylation sites is 2. The van der Waals surface area contributed by atoms with Gasteiger partial charge in [0.25, 0.3) is 0 Å². The average Bonchev–Trinajstić information content (AvgIpc) is 3.48. The van der Waals surface area contributed by atoms with Crippen molar-refractivity contribution in [2.45, 2.75) is 76.0 Å². The summed E-state index contributed by atoms with van der Waals surface area (Å²) in [5.41, 5.74) is 15.5. The highest BCUT2D eigenvalue weighted by Crippen LogP contribution is 2.51. The Morgan fingerprint density at radius 3 is 1.42 bits per heavy atom. The molecule has 10 aromatic carbocycles. The van der Waals surface area contributed by atoms with Crippen LogP contribution >= 0.6 is 0 Å². The Bertz CT molecular complexity index is 3790. The molecular weight excluding hydrogens is 893 g/mol. The molecule has 0 amide bonds. The van der Waals surface area contributed by atoms with Crippen molar-refractivity contribution in [1.29, 1.82) is 0 Å². The summed E-state index contributed by atoms with van der Waals surface area (Å²) >= 11 is 0. The van der Waals surface area contributed by atoms with Crippen LogP contribution in [0.3, 0.4) is 0 Å². The van der Waals surface area contributed by atoms with Crippen LogP contribution in [0.1, 0.15) is 87.2 Å². The van der Waals surface area contributed by atoms with Gasteiger partial charge in [-0.3, -0.25) is 0 Å². The molecule has 0 radical (unpaired) electrons. The van der Waals surface area contributed by atoms with Crippen molar-refractivity contribution in [2.24, 2.45) is 11.8 Å². The molecule has 4 aliphatic rings. The minimum absolute atomic E-state index is 0.279. The number of hydrogen-bond donors (Lipinski definition) is 0. The van der Waals surface area contributed by atoms with E-state index in [9.17, 15) is 0 Å². The summed E-state index contributed by atoms with van der Waals surface area (Å²) in [4.78, 5) is 4.91. The van der Waals surface area contributed by atoms with Crippen LogP contribution in [0, 0.1) is 11.8 Å². The largest absolute Gasteiger partial charge is 0.314 e. The summed E-state index contributed by atoms with van der Waals surface area (Å²) in [6, 6.07) is 71.6. The molecule has 2 fully saturated rings. The number of nitrogens with zero attached hydrogens (tertiary/aromatic N) is 2.